The molecule has 2 atom stereocenters. The van der Waals surface area contributed by atoms with Crippen molar-refractivity contribution in [3.05, 3.63) is 105 Å². The molecule has 0 fully saturated rings. The van der Waals surface area contributed by atoms with E-state index >= 15 is 17.6 Å². The van der Waals surface area contributed by atoms with Crippen LogP contribution in [0.15, 0.2) is 65.0 Å². The van der Waals surface area contributed by atoms with Gasteiger partial charge in [-0.1, -0.05) is 44.2 Å². The van der Waals surface area contributed by atoms with Crippen molar-refractivity contribution in [2.24, 2.45) is 0 Å². The van der Waals surface area contributed by atoms with Crippen molar-refractivity contribution in [3.63, 3.8) is 0 Å². The SMILES string of the molecule is CC1(C)C2=C(CCC=C2)N(C2=C(F)C(F)=C(c3c(F)c(F)c(C#N)c(F)c3F)C(F)C2F)c2ccccc21. The van der Waals surface area contributed by atoms with Gasteiger partial charge in [-0.2, -0.15) is 5.26 Å². The van der Waals surface area contributed by atoms with Gasteiger partial charge in [0.25, 0.3) is 0 Å². The molecular weight excluding hydrogens is 516 g/mol. The van der Waals surface area contributed by atoms with Crippen LogP contribution in [0.25, 0.3) is 5.57 Å². The Bertz CT molecular complexity index is 1530. The average Bonchev–Trinajstić information content (AvgIpc) is 2.90. The molecule has 38 heavy (non-hydrogen) atoms. The number of allylic oxidation sites excluding steroid dienone is 8. The molecule has 5 rings (SSSR count). The number of anilines is 1. The van der Waals surface area contributed by atoms with Crippen molar-refractivity contribution in [2.75, 3.05) is 4.90 Å². The molecule has 0 saturated carbocycles. The number of halogens is 8. The molecule has 0 aromatic heterocycles. The van der Waals surface area contributed by atoms with Crippen molar-refractivity contribution in [1.82, 2.24) is 0 Å². The fraction of sp³-hybridized carbons (Fsp3) is 0.250. The smallest absolute Gasteiger partial charge is 0.182 e. The number of rotatable bonds is 2. The maximum atomic E-state index is 15.8. The van der Waals surface area contributed by atoms with Gasteiger partial charge in [0.1, 0.15) is 11.6 Å². The third kappa shape index (κ3) is 3.37. The highest BCUT2D eigenvalue weighted by molar-refractivity contribution is 5.81. The van der Waals surface area contributed by atoms with Crippen molar-refractivity contribution in [2.45, 2.75) is 44.4 Å². The molecule has 0 radical (unpaired) electrons. The minimum atomic E-state index is -3.24. The Hall–Kier alpha value is -3.87. The second kappa shape index (κ2) is 8.86. The number of benzene rings is 2. The Morgan fingerprint density at radius 3 is 2.16 bits per heavy atom. The van der Waals surface area contributed by atoms with Crippen LogP contribution in [0, 0.1) is 34.6 Å². The van der Waals surface area contributed by atoms with E-state index in [0.717, 1.165) is 11.0 Å². The van der Waals surface area contributed by atoms with E-state index in [-0.39, 0.29) is 12.1 Å². The summed E-state index contributed by atoms with van der Waals surface area (Å²) in [6, 6.07) is 7.42. The molecule has 0 spiro atoms. The number of nitrogens with zero attached hydrogens (tertiary/aromatic N) is 2. The normalized spacial score (nSPS) is 22.5. The van der Waals surface area contributed by atoms with E-state index < -0.39 is 75.1 Å². The second-order valence-electron chi connectivity index (χ2n) is 9.63. The molecule has 0 bridgehead atoms. The summed E-state index contributed by atoms with van der Waals surface area (Å²) in [6.07, 6.45) is -1.88. The van der Waals surface area contributed by atoms with Crippen LogP contribution in [0.4, 0.5) is 40.8 Å². The van der Waals surface area contributed by atoms with E-state index in [0.29, 0.717) is 23.3 Å². The van der Waals surface area contributed by atoms with Crippen molar-refractivity contribution in [3.8, 4) is 6.07 Å². The molecule has 196 valence electrons. The van der Waals surface area contributed by atoms with E-state index in [1.165, 1.54) is 6.07 Å². The standard InChI is InChI=1S/C28H18F8N2/c1-28(2)13-7-3-5-9-15(13)38(16-10-6-4-8-14(16)28)27-25(35)23(33)18(24(34)26(27)36)17-21(31)19(29)12(11-37)20(30)22(17)32/h3-5,7-9,23,25H,6,10H2,1-2H3. The zero-order valence-electron chi connectivity index (χ0n) is 20.0. The highest BCUT2D eigenvalue weighted by Gasteiger charge is 2.48. The summed E-state index contributed by atoms with van der Waals surface area (Å²) < 4.78 is 120. The van der Waals surface area contributed by atoms with Crippen LogP contribution in [-0.4, -0.2) is 12.3 Å². The van der Waals surface area contributed by atoms with E-state index in [9.17, 15) is 17.6 Å². The first kappa shape index (κ1) is 25.8. The van der Waals surface area contributed by atoms with Gasteiger partial charge in [-0.25, -0.2) is 35.1 Å². The summed E-state index contributed by atoms with van der Waals surface area (Å²) in [7, 11) is 0. The second-order valence-corrected chi connectivity index (χ2v) is 9.63. The van der Waals surface area contributed by atoms with Crippen molar-refractivity contribution < 1.29 is 35.1 Å². The van der Waals surface area contributed by atoms with Crippen LogP contribution in [0.2, 0.25) is 0 Å². The largest absolute Gasteiger partial charge is 0.312 e. The maximum Gasteiger partial charge on any atom is 0.182 e. The molecule has 2 aromatic rings. The lowest BCUT2D eigenvalue weighted by molar-refractivity contribution is 0.227. The van der Waals surface area contributed by atoms with Gasteiger partial charge in [-0.3, -0.25) is 0 Å². The van der Waals surface area contributed by atoms with Crippen LogP contribution in [-0.2, 0) is 5.41 Å². The lowest BCUT2D eigenvalue weighted by Gasteiger charge is -2.46. The predicted molar refractivity (Wildman–Crippen MR) is 124 cm³/mol. The average molecular weight is 534 g/mol. The van der Waals surface area contributed by atoms with Crippen LogP contribution < -0.4 is 4.90 Å². The molecule has 1 heterocycles. The molecule has 2 aliphatic carbocycles. The third-order valence-electron chi connectivity index (χ3n) is 7.24. The summed E-state index contributed by atoms with van der Waals surface area (Å²) in [6.45, 7) is 3.78. The van der Waals surface area contributed by atoms with Gasteiger partial charge in [0.15, 0.2) is 47.3 Å². The third-order valence-corrected chi connectivity index (χ3v) is 7.24. The summed E-state index contributed by atoms with van der Waals surface area (Å²) in [4.78, 5) is 1.08. The number of alkyl halides is 2. The summed E-state index contributed by atoms with van der Waals surface area (Å²) >= 11 is 0. The minimum absolute atomic E-state index is 0.260. The predicted octanol–water partition coefficient (Wildman–Crippen LogP) is 8.07. The summed E-state index contributed by atoms with van der Waals surface area (Å²) in [5.41, 5.74) is -5.28. The molecule has 10 heteroatoms. The first-order chi connectivity index (χ1) is 17.9. The number of para-hydroxylation sites is 1. The number of hydrogen-bond donors (Lipinski definition) is 0. The van der Waals surface area contributed by atoms with E-state index in [1.54, 1.807) is 24.3 Å². The first-order valence-corrected chi connectivity index (χ1v) is 11.6. The maximum absolute atomic E-state index is 15.8. The Morgan fingerprint density at radius 1 is 0.895 bits per heavy atom. The van der Waals surface area contributed by atoms with E-state index in [4.69, 9.17) is 5.26 Å². The molecule has 0 saturated heterocycles. The fourth-order valence-electron chi connectivity index (χ4n) is 5.41. The Morgan fingerprint density at radius 2 is 1.53 bits per heavy atom. The molecule has 3 aliphatic rings. The molecule has 2 nitrogen and oxygen atoms in total. The van der Waals surface area contributed by atoms with Gasteiger partial charge in [-0.05, 0) is 30.0 Å². The van der Waals surface area contributed by atoms with Crippen LogP contribution >= 0.6 is 0 Å². The van der Waals surface area contributed by atoms with Crippen LogP contribution in [0.1, 0.15) is 43.4 Å². The number of fused-ring (bicyclic) bond motifs is 1. The molecule has 2 unspecified atom stereocenters. The highest BCUT2D eigenvalue weighted by Crippen LogP contribution is 2.53. The topological polar surface area (TPSA) is 27.0 Å². The van der Waals surface area contributed by atoms with Gasteiger partial charge in [0, 0.05) is 22.4 Å². The Labute approximate surface area is 212 Å². The van der Waals surface area contributed by atoms with E-state index in [2.05, 4.69) is 0 Å². The van der Waals surface area contributed by atoms with E-state index in [1.807, 2.05) is 19.9 Å². The van der Waals surface area contributed by atoms with Gasteiger partial charge >= 0.3 is 0 Å². The van der Waals surface area contributed by atoms with Crippen molar-refractivity contribution >= 4 is 11.3 Å². The quantitative estimate of drug-likeness (QED) is 0.288. The lowest BCUT2D eigenvalue weighted by Crippen LogP contribution is -2.42. The molecular formula is C28H18F8N2. The van der Waals surface area contributed by atoms with Crippen LogP contribution in [0.3, 0.4) is 0 Å². The summed E-state index contributed by atoms with van der Waals surface area (Å²) in [5, 5.41) is 8.76. The van der Waals surface area contributed by atoms with Crippen molar-refractivity contribution in [1.29, 1.82) is 5.26 Å². The molecule has 2 aromatic carbocycles. The van der Waals surface area contributed by atoms with Gasteiger partial charge < -0.3 is 4.90 Å². The Kier molecular flexibility index (Phi) is 6.01. The zero-order valence-corrected chi connectivity index (χ0v) is 20.0. The Balaban J connectivity index is 1.80. The molecule has 0 N–H and O–H groups in total. The lowest BCUT2D eigenvalue weighted by atomic mass is 9.71. The highest BCUT2D eigenvalue weighted by atomic mass is 19.2. The zero-order chi connectivity index (χ0) is 27.7. The monoisotopic (exact) mass is 534 g/mol. The first-order valence-electron chi connectivity index (χ1n) is 11.6. The minimum Gasteiger partial charge on any atom is -0.312 e. The molecule has 0 amide bonds. The van der Waals surface area contributed by atoms with Gasteiger partial charge in [0.2, 0.25) is 0 Å². The molecule has 1 aliphatic heterocycles. The van der Waals surface area contributed by atoms with Crippen LogP contribution in [0.5, 0.6) is 0 Å². The van der Waals surface area contributed by atoms with Gasteiger partial charge in [0.05, 0.1) is 11.3 Å². The fourth-order valence-corrected chi connectivity index (χ4v) is 5.41. The number of hydrogen-bond acceptors (Lipinski definition) is 2. The number of nitriles is 1. The van der Waals surface area contributed by atoms with Gasteiger partial charge in [-0.15, -0.1) is 0 Å². The summed E-state index contributed by atoms with van der Waals surface area (Å²) in [5.74, 6) is -13.3.